The first-order chi connectivity index (χ1) is 14.7. The van der Waals surface area contributed by atoms with Crippen LogP contribution in [0.25, 0.3) is 22.3 Å². The van der Waals surface area contributed by atoms with Crippen LogP contribution in [0, 0.1) is 6.92 Å². The van der Waals surface area contributed by atoms with Crippen LogP contribution < -0.4 is 5.73 Å². The highest BCUT2D eigenvalue weighted by Crippen LogP contribution is 2.35. The Hall–Kier alpha value is -3.47. The van der Waals surface area contributed by atoms with Crippen LogP contribution in [0.1, 0.15) is 11.4 Å². The summed E-state index contributed by atoms with van der Waals surface area (Å²) in [6.45, 7) is 1.66. The Labute approximate surface area is 178 Å². The number of carbonyl (C=O) groups is 1. The van der Waals surface area contributed by atoms with Gasteiger partial charge in [0.15, 0.2) is 11.0 Å². The second-order valence-electron chi connectivity index (χ2n) is 6.70. The summed E-state index contributed by atoms with van der Waals surface area (Å²) in [5.41, 5.74) is 7.21. The van der Waals surface area contributed by atoms with Crippen LogP contribution in [0.2, 0.25) is 0 Å². The number of hydrogen-bond acceptors (Lipinski definition) is 6. The number of nitrogens with two attached hydrogens (primary N) is 1. The van der Waals surface area contributed by atoms with Crippen LogP contribution in [-0.4, -0.2) is 30.6 Å². The van der Waals surface area contributed by atoms with Gasteiger partial charge in [-0.2, -0.15) is 13.2 Å². The molecule has 0 aliphatic heterocycles. The number of halogens is 3. The first-order valence-electron chi connectivity index (χ1n) is 9.03. The van der Waals surface area contributed by atoms with Gasteiger partial charge in [0.1, 0.15) is 11.6 Å². The van der Waals surface area contributed by atoms with Crippen molar-refractivity contribution in [3.05, 3.63) is 59.9 Å². The van der Waals surface area contributed by atoms with Crippen molar-refractivity contribution in [3.63, 3.8) is 0 Å². The fraction of sp³-hybridized carbons (Fsp3) is 0.150. The topological polar surface area (TPSA) is 99.6 Å². The number of para-hydroxylation sites is 1. The molecule has 1 amide bonds. The maximum Gasteiger partial charge on any atom is 0.451 e. The van der Waals surface area contributed by atoms with Gasteiger partial charge in [0, 0.05) is 10.9 Å². The summed E-state index contributed by atoms with van der Waals surface area (Å²) in [4.78, 5) is 19.0. The highest BCUT2D eigenvalue weighted by molar-refractivity contribution is 7.99. The summed E-state index contributed by atoms with van der Waals surface area (Å²) >= 11 is 0.866. The zero-order valence-corrected chi connectivity index (χ0v) is 16.9. The van der Waals surface area contributed by atoms with Crippen molar-refractivity contribution < 1.29 is 18.0 Å². The van der Waals surface area contributed by atoms with Crippen molar-refractivity contribution in [2.75, 3.05) is 0 Å². The number of aromatic nitrogens is 5. The summed E-state index contributed by atoms with van der Waals surface area (Å²) in [5, 5.41) is 8.90. The predicted octanol–water partition coefficient (Wildman–Crippen LogP) is 3.85. The lowest BCUT2D eigenvalue weighted by atomic mass is 10.1. The molecule has 0 saturated carbocycles. The lowest BCUT2D eigenvalue weighted by Crippen LogP contribution is -2.20. The van der Waals surface area contributed by atoms with E-state index < -0.39 is 17.9 Å². The van der Waals surface area contributed by atoms with Gasteiger partial charge in [-0.25, -0.2) is 9.97 Å². The minimum absolute atomic E-state index is 0.0480. The Balaban J connectivity index is 1.85. The summed E-state index contributed by atoms with van der Waals surface area (Å²) in [7, 11) is 0. The van der Waals surface area contributed by atoms with Crippen molar-refractivity contribution >= 4 is 28.6 Å². The number of aryl methyl sites for hydroxylation is 1. The third kappa shape index (κ3) is 4.36. The SMILES string of the molecule is Cc1cccc(-c2nnc(Sc3nc(C(F)(F)F)nc4ccccc34)n2CC(N)=O)c1. The highest BCUT2D eigenvalue weighted by Gasteiger charge is 2.35. The number of carbonyl (C=O) groups excluding carboxylic acids is 1. The molecule has 0 saturated heterocycles. The first-order valence-corrected chi connectivity index (χ1v) is 9.84. The molecule has 0 aliphatic rings. The highest BCUT2D eigenvalue weighted by atomic mass is 32.2. The molecule has 4 aromatic rings. The molecule has 0 spiro atoms. The van der Waals surface area contributed by atoms with Crippen molar-refractivity contribution in [2.24, 2.45) is 5.73 Å². The van der Waals surface area contributed by atoms with Gasteiger partial charge in [-0.3, -0.25) is 9.36 Å². The van der Waals surface area contributed by atoms with Crippen molar-refractivity contribution in [3.8, 4) is 11.4 Å². The number of amides is 1. The largest absolute Gasteiger partial charge is 0.451 e. The van der Waals surface area contributed by atoms with Gasteiger partial charge in [0.25, 0.3) is 0 Å². The average molecular weight is 444 g/mol. The van der Waals surface area contributed by atoms with E-state index in [9.17, 15) is 18.0 Å². The molecule has 2 aromatic carbocycles. The number of benzene rings is 2. The van der Waals surface area contributed by atoms with Crippen LogP contribution in [0.15, 0.2) is 58.7 Å². The van der Waals surface area contributed by atoms with Crippen molar-refractivity contribution in [2.45, 2.75) is 29.8 Å². The zero-order valence-electron chi connectivity index (χ0n) is 16.1. The Morgan fingerprint density at radius 2 is 1.87 bits per heavy atom. The monoisotopic (exact) mass is 444 g/mol. The van der Waals surface area contributed by atoms with E-state index in [1.807, 2.05) is 25.1 Å². The van der Waals surface area contributed by atoms with E-state index in [2.05, 4.69) is 20.2 Å². The van der Waals surface area contributed by atoms with Crippen molar-refractivity contribution in [1.82, 2.24) is 24.7 Å². The average Bonchev–Trinajstić information content (AvgIpc) is 3.09. The minimum atomic E-state index is -4.72. The van der Waals surface area contributed by atoms with E-state index in [1.165, 1.54) is 10.6 Å². The Morgan fingerprint density at radius 3 is 2.58 bits per heavy atom. The Morgan fingerprint density at radius 1 is 1.10 bits per heavy atom. The van der Waals surface area contributed by atoms with E-state index in [-0.39, 0.29) is 22.2 Å². The molecule has 0 fully saturated rings. The fourth-order valence-corrected chi connectivity index (χ4v) is 3.93. The van der Waals surface area contributed by atoms with Gasteiger partial charge >= 0.3 is 6.18 Å². The second-order valence-corrected chi connectivity index (χ2v) is 7.65. The number of hydrogen-bond donors (Lipinski definition) is 1. The summed E-state index contributed by atoms with van der Waals surface area (Å²) < 4.78 is 41.4. The molecule has 2 aromatic heterocycles. The van der Waals surface area contributed by atoms with Crippen LogP contribution in [0.4, 0.5) is 13.2 Å². The molecule has 0 aliphatic carbocycles. The van der Waals surface area contributed by atoms with E-state index >= 15 is 0 Å². The fourth-order valence-electron chi connectivity index (χ4n) is 3.00. The van der Waals surface area contributed by atoms with Crippen LogP contribution in [0.5, 0.6) is 0 Å². The number of alkyl halides is 3. The molecule has 0 radical (unpaired) electrons. The van der Waals surface area contributed by atoms with Crippen LogP contribution in [0.3, 0.4) is 0 Å². The lowest BCUT2D eigenvalue weighted by Gasteiger charge is -2.11. The molecule has 31 heavy (non-hydrogen) atoms. The van der Waals surface area contributed by atoms with E-state index in [0.29, 0.717) is 16.8 Å². The molecule has 0 bridgehead atoms. The molecular weight excluding hydrogens is 429 g/mol. The van der Waals surface area contributed by atoms with Gasteiger partial charge in [-0.15, -0.1) is 10.2 Å². The first kappa shape index (κ1) is 20.8. The minimum Gasteiger partial charge on any atom is -0.368 e. The maximum absolute atomic E-state index is 13.3. The standard InChI is InChI=1S/C20H15F3N6OS/c1-11-5-4-6-12(9-11)16-27-28-19(29(16)10-15(24)30)31-17-13-7-2-3-8-14(13)25-18(26-17)20(21,22)23/h2-9H,10H2,1H3,(H2,24,30). The third-order valence-electron chi connectivity index (χ3n) is 4.32. The number of primary amides is 1. The third-order valence-corrected chi connectivity index (χ3v) is 5.31. The van der Waals surface area contributed by atoms with E-state index in [0.717, 1.165) is 17.3 Å². The Bertz CT molecular complexity index is 1290. The molecule has 4 rings (SSSR count). The lowest BCUT2D eigenvalue weighted by molar-refractivity contribution is -0.145. The predicted molar refractivity (Wildman–Crippen MR) is 108 cm³/mol. The molecule has 7 nitrogen and oxygen atoms in total. The second kappa shape index (κ2) is 7.99. The van der Waals surface area contributed by atoms with Gasteiger partial charge in [-0.05, 0) is 30.8 Å². The molecule has 2 N–H and O–H groups in total. The van der Waals surface area contributed by atoms with Crippen LogP contribution in [-0.2, 0) is 17.5 Å². The van der Waals surface area contributed by atoms with Gasteiger partial charge in [0.05, 0.1) is 5.52 Å². The molecule has 2 heterocycles. The number of fused-ring (bicyclic) bond motifs is 1. The van der Waals surface area contributed by atoms with Crippen LogP contribution >= 0.6 is 11.8 Å². The van der Waals surface area contributed by atoms with Gasteiger partial charge in [0.2, 0.25) is 11.7 Å². The summed E-state index contributed by atoms with van der Waals surface area (Å²) in [5.74, 6) is -1.52. The molecular formula is C20H15F3N6OS. The van der Waals surface area contributed by atoms with Crippen molar-refractivity contribution in [1.29, 1.82) is 0 Å². The van der Waals surface area contributed by atoms with Gasteiger partial charge in [-0.1, -0.05) is 42.0 Å². The van der Waals surface area contributed by atoms with E-state index in [4.69, 9.17) is 5.73 Å². The number of rotatable bonds is 5. The maximum atomic E-state index is 13.3. The number of nitrogens with zero attached hydrogens (tertiary/aromatic N) is 5. The molecule has 158 valence electrons. The summed E-state index contributed by atoms with van der Waals surface area (Å²) in [6, 6.07) is 13.7. The normalized spacial score (nSPS) is 11.7. The Kier molecular flexibility index (Phi) is 5.36. The quantitative estimate of drug-likeness (QED) is 0.470. The zero-order chi connectivity index (χ0) is 22.2. The molecule has 0 unspecified atom stereocenters. The summed E-state index contributed by atoms with van der Waals surface area (Å²) in [6.07, 6.45) is -4.72. The van der Waals surface area contributed by atoms with E-state index in [1.54, 1.807) is 24.3 Å². The van der Waals surface area contributed by atoms with Gasteiger partial charge < -0.3 is 5.73 Å². The smallest absolute Gasteiger partial charge is 0.368 e. The molecule has 0 atom stereocenters. The molecule has 11 heteroatoms.